The average Bonchev–Trinajstić information content (AvgIpc) is 2.01. The molecule has 0 heterocycles. The first kappa shape index (κ1) is 9.55. The first-order valence-corrected chi connectivity index (χ1v) is 5.28. The van der Waals surface area contributed by atoms with E-state index in [0.717, 1.165) is 6.26 Å². The zero-order valence-corrected chi connectivity index (χ0v) is 7.67. The summed E-state index contributed by atoms with van der Waals surface area (Å²) in [5, 5.41) is 17.8. The van der Waals surface area contributed by atoms with Gasteiger partial charge in [0.2, 0.25) is 0 Å². The van der Waals surface area contributed by atoms with Crippen LogP contribution in [0.2, 0.25) is 0 Å². The number of phenols is 1. The van der Waals surface area contributed by atoms with Gasteiger partial charge in [-0.2, -0.15) is 5.26 Å². The second-order valence-electron chi connectivity index (χ2n) is 2.54. The zero-order valence-electron chi connectivity index (χ0n) is 6.85. The summed E-state index contributed by atoms with van der Waals surface area (Å²) < 4.78 is 22.2. The van der Waals surface area contributed by atoms with Crippen molar-refractivity contribution in [2.45, 2.75) is 4.90 Å². The van der Waals surface area contributed by atoms with E-state index in [0.29, 0.717) is 0 Å². The molecule has 0 aromatic heterocycles. The van der Waals surface area contributed by atoms with Crippen LogP contribution in [0, 0.1) is 11.3 Å². The van der Waals surface area contributed by atoms with Gasteiger partial charge in [-0.25, -0.2) is 8.42 Å². The summed E-state index contributed by atoms with van der Waals surface area (Å²) in [6.07, 6.45) is 0.947. The summed E-state index contributed by atoms with van der Waals surface area (Å²) in [5.41, 5.74) is -0.0394. The minimum absolute atomic E-state index is 0.0394. The van der Waals surface area contributed by atoms with Crippen LogP contribution in [-0.4, -0.2) is 19.8 Å². The second-order valence-corrected chi connectivity index (χ2v) is 4.49. The molecule has 1 aromatic carbocycles. The topological polar surface area (TPSA) is 78.2 Å². The van der Waals surface area contributed by atoms with E-state index in [1.54, 1.807) is 6.07 Å². The number of benzene rings is 1. The lowest BCUT2D eigenvalue weighted by atomic mass is 10.2. The summed E-state index contributed by atoms with van der Waals surface area (Å²) in [4.78, 5) is -0.308. The van der Waals surface area contributed by atoms with E-state index in [4.69, 9.17) is 5.26 Å². The van der Waals surface area contributed by atoms with Gasteiger partial charge in [-0.3, -0.25) is 0 Å². The molecule has 68 valence electrons. The molecule has 0 amide bonds. The molecular formula is C8H7NO3S. The van der Waals surface area contributed by atoms with E-state index in [2.05, 4.69) is 0 Å². The van der Waals surface area contributed by atoms with Gasteiger partial charge in [0.25, 0.3) is 0 Å². The Morgan fingerprint density at radius 2 is 2.08 bits per heavy atom. The van der Waals surface area contributed by atoms with E-state index in [1.165, 1.54) is 18.2 Å². The molecule has 0 aliphatic heterocycles. The van der Waals surface area contributed by atoms with Gasteiger partial charge < -0.3 is 5.11 Å². The van der Waals surface area contributed by atoms with E-state index in [1.807, 2.05) is 0 Å². The number of phenolic OH excluding ortho intramolecular Hbond substituents is 1. The third-order valence-electron chi connectivity index (χ3n) is 1.49. The second kappa shape index (κ2) is 3.07. The first-order chi connectivity index (χ1) is 5.96. The first-order valence-electron chi connectivity index (χ1n) is 3.39. The van der Waals surface area contributed by atoms with Crippen molar-refractivity contribution in [2.24, 2.45) is 0 Å². The Hall–Kier alpha value is -1.54. The van der Waals surface area contributed by atoms with Gasteiger partial charge in [0.05, 0.1) is 5.56 Å². The van der Waals surface area contributed by atoms with E-state index in [9.17, 15) is 13.5 Å². The molecule has 0 radical (unpaired) electrons. The molecule has 0 aliphatic carbocycles. The fraction of sp³-hybridized carbons (Fsp3) is 0.125. The van der Waals surface area contributed by atoms with Crippen molar-refractivity contribution >= 4 is 9.84 Å². The monoisotopic (exact) mass is 197 g/mol. The Kier molecular flexibility index (Phi) is 2.26. The Labute approximate surface area is 76.0 Å². The Bertz CT molecular complexity index is 471. The zero-order chi connectivity index (χ0) is 10.1. The summed E-state index contributed by atoms with van der Waals surface area (Å²) in [7, 11) is -3.55. The maximum absolute atomic E-state index is 11.1. The van der Waals surface area contributed by atoms with Crippen LogP contribution in [0.4, 0.5) is 0 Å². The molecular weight excluding hydrogens is 190 g/mol. The van der Waals surface area contributed by atoms with Crippen molar-refractivity contribution in [2.75, 3.05) is 6.26 Å². The molecule has 1 aromatic rings. The highest BCUT2D eigenvalue weighted by atomic mass is 32.2. The van der Waals surface area contributed by atoms with Crippen LogP contribution in [0.1, 0.15) is 5.56 Å². The van der Waals surface area contributed by atoms with Crippen LogP contribution >= 0.6 is 0 Å². The minimum atomic E-state index is -3.55. The molecule has 0 spiro atoms. The van der Waals surface area contributed by atoms with Crippen molar-refractivity contribution in [3.8, 4) is 11.8 Å². The van der Waals surface area contributed by atoms with Crippen molar-refractivity contribution in [3.05, 3.63) is 23.8 Å². The average molecular weight is 197 g/mol. The molecule has 5 heteroatoms. The van der Waals surface area contributed by atoms with Crippen molar-refractivity contribution in [3.63, 3.8) is 0 Å². The molecule has 0 saturated carbocycles. The van der Waals surface area contributed by atoms with Gasteiger partial charge in [0, 0.05) is 6.26 Å². The maximum atomic E-state index is 11.1. The standard InChI is InChI=1S/C8H7NO3S/c1-13(11,12)8-6(5-9)3-2-4-7(8)10/h2-4,10H,1H3. The Morgan fingerprint density at radius 1 is 1.46 bits per heavy atom. The fourth-order valence-electron chi connectivity index (χ4n) is 1.00. The number of aromatic hydroxyl groups is 1. The molecule has 4 nitrogen and oxygen atoms in total. The molecule has 0 fully saturated rings. The van der Waals surface area contributed by atoms with Crippen LogP contribution < -0.4 is 0 Å². The molecule has 0 unspecified atom stereocenters. The Balaban J connectivity index is 3.62. The number of hydrogen-bond donors (Lipinski definition) is 1. The third kappa shape index (κ3) is 1.79. The van der Waals surface area contributed by atoms with Crippen LogP contribution in [0.5, 0.6) is 5.75 Å². The lowest BCUT2D eigenvalue weighted by molar-refractivity contribution is 0.458. The van der Waals surface area contributed by atoms with Crippen molar-refractivity contribution in [1.29, 1.82) is 5.26 Å². The van der Waals surface area contributed by atoms with E-state index < -0.39 is 9.84 Å². The maximum Gasteiger partial charge on any atom is 0.180 e. The van der Waals surface area contributed by atoms with Crippen LogP contribution in [0.15, 0.2) is 23.1 Å². The molecule has 0 bridgehead atoms. The Morgan fingerprint density at radius 3 is 2.46 bits per heavy atom. The SMILES string of the molecule is CS(=O)(=O)c1c(O)cccc1C#N. The summed E-state index contributed by atoms with van der Waals surface area (Å²) in [6, 6.07) is 5.70. The number of nitriles is 1. The van der Waals surface area contributed by atoms with Gasteiger partial charge in [-0.05, 0) is 12.1 Å². The smallest absolute Gasteiger partial charge is 0.180 e. The van der Waals surface area contributed by atoms with E-state index in [-0.39, 0.29) is 16.2 Å². The highest BCUT2D eigenvalue weighted by molar-refractivity contribution is 7.90. The third-order valence-corrected chi connectivity index (χ3v) is 2.66. The number of rotatable bonds is 1. The van der Waals surface area contributed by atoms with Gasteiger partial charge in [-0.15, -0.1) is 0 Å². The molecule has 0 atom stereocenters. The molecule has 13 heavy (non-hydrogen) atoms. The lowest BCUT2D eigenvalue weighted by Crippen LogP contribution is -2.00. The normalized spacial score (nSPS) is 10.8. The van der Waals surface area contributed by atoms with Crippen molar-refractivity contribution in [1.82, 2.24) is 0 Å². The highest BCUT2D eigenvalue weighted by Crippen LogP contribution is 2.25. The van der Waals surface area contributed by atoms with Gasteiger partial charge in [0.1, 0.15) is 16.7 Å². The van der Waals surface area contributed by atoms with E-state index >= 15 is 0 Å². The molecule has 0 aliphatic rings. The van der Waals surface area contributed by atoms with Gasteiger partial charge in [0.15, 0.2) is 9.84 Å². The van der Waals surface area contributed by atoms with Gasteiger partial charge >= 0.3 is 0 Å². The highest BCUT2D eigenvalue weighted by Gasteiger charge is 2.17. The molecule has 0 saturated heterocycles. The molecule has 1 rings (SSSR count). The minimum Gasteiger partial charge on any atom is -0.507 e. The van der Waals surface area contributed by atoms with Crippen molar-refractivity contribution < 1.29 is 13.5 Å². The largest absolute Gasteiger partial charge is 0.507 e. The fourth-order valence-corrected chi connectivity index (χ4v) is 1.96. The van der Waals surface area contributed by atoms with Gasteiger partial charge in [-0.1, -0.05) is 6.07 Å². The lowest BCUT2D eigenvalue weighted by Gasteiger charge is -2.02. The summed E-state index contributed by atoms with van der Waals surface area (Å²) in [5.74, 6) is -0.387. The number of nitrogens with zero attached hydrogens (tertiary/aromatic N) is 1. The summed E-state index contributed by atoms with van der Waals surface area (Å²) >= 11 is 0. The number of hydrogen-bond acceptors (Lipinski definition) is 4. The van der Waals surface area contributed by atoms with Crippen LogP contribution in [0.25, 0.3) is 0 Å². The number of sulfone groups is 1. The molecule has 1 N–H and O–H groups in total. The quantitative estimate of drug-likeness (QED) is 0.717. The van der Waals surface area contributed by atoms with Crippen LogP contribution in [0.3, 0.4) is 0 Å². The predicted octanol–water partition coefficient (Wildman–Crippen LogP) is 0.667. The van der Waals surface area contributed by atoms with Crippen LogP contribution in [-0.2, 0) is 9.84 Å². The summed E-state index contributed by atoms with van der Waals surface area (Å²) in [6.45, 7) is 0. The predicted molar refractivity (Wildman–Crippen MR) is 45.9 cm³/mol.